The lowest BCUT2D eigenvalue weighted by atomic mass is 10.1. The number of benzene rings is 1. The summed E-state index contributed by atoms with van der Waals surface area (Å²) in [5.74, 6) is 1.02. The third-order valence-corrected chi connectivity index (χ3v) is 4.73. The Hall–Kier alpha value is -2.96. The van der Waals surface area contributed by atoms with E-state index in [1.54, 1.807) is 10.9 Å². The molecule has 1 fully saturated rings. The van der Waals surface area contributed by atoms with Crippen molar-refractivity contribution < 1.29 is 9.32 Å². The highest BCUT2D eigenvalue weighted by Crippen LogP contribution is 2.31. The molecule has 1 aliphatic heterocycles. The number of aromatic nitrogens is 4. The van der Waals surface area contributed by atoms with Crippen LogP contribution in [0.3, 0.4) is 0 Å². The summed E-state index contributed by atoms with van der Waals surface area (Å²) < 4.78 is 7.13. The van der Waals surface area contributed by atoms with Crippen LogP contribution in [0.1, 0.15) is 47.9 Å². The van der Waals surface area contributed by atoms with Crippen LogP contribution >= 0.6 is 0 Å². The Morgan fingerprint density at radius 2 is 2.04 bits per heavy atom. The van der Waals surface area contributed by atoms with E-state index in [1.165, 1.54) is 0 Å². The third-order valence-electron chi connectivity index (χ3n) is 4.73. The van der Waals surface area contributed by atoms with E-state index in [1.807, 2.05) is 48.5 Å². The number of likely N-dealkylation sites (tertiary alicyclic amines) is 1. The molecule has 0 N–H and O–H groups in total. The van der Waals surface area contributed by atoms with Gasteiger partial charge in [-0.05, 0) is 25.0 Å². The number of rotatable bonds is 3. The van der Waals surface area contributed by atoms with Gasteiger partial charge < -0.3 is 9.42 Å². The summed E-state index contributed by atoms with van der Waals surface area (Å²) in [4.78, 5) is 19.5. The van der Waals surface area contributed by atoms with Crippen molar-refractivity contribution in [2.75, 3.05) is 6.54 Å². The molecule has 0 aliphatic carbocycles. The van der Waals surface area contributed by atoms with Gasteiger partial charge >= 0.3 is 0 Å². The van der Waals surface area contributed by atoms with E-state index in [2.05, 4.69) is 15.2 Å². The molecule has 1 aliphatic rings. The molecular formula is C19H21N5O2. The van der Waals surface area contributed by atoms with E-state index >= 15 is 0 Å². The van der Waals surface area contributed by atoms with Crippen LogP contribution in [0.5, 0.6) is 0 Å². The largest absolute Gasteiger partial charge is 0.334 e. The Morgan fingerprint density at radius 3 is 2.81 bits per heavy atom. The van der Waals surface area contributed by atoms with E-state index in [9.17, 15) is 4.79 Å². The fraction of sp³-hybridized carbons (Fsp3) is 0.368. The minimum Gasteiger partial charge on any atom is -0.334 e. The van der Waals surface area contributed by atoms with Crippen molar-refractivity contribution in [3.05, 3.63) is 54.1 Å². The van der Waals surface area contributed by atoms with Crippen LogP contribution in [0.15, 0.2) is 47.2 Å². The molecule has 4 rings (SSSR count). The molecule has 0 saturated carbocycles. The molecule has 134 valence electrons. The second kappa shape index (κ2) is 7.11. The first-order valence-electron chi connectivity index (χ1n) is 8.91. The van der Waals surface area contributed by atoms with Crippen molar-refractivity contribution in [3.8, 4) is 11.5 Å². The van der Waals surface area contributed by atoms with Gasteiger partial charge in [-0.15, -0.1) is 0 Å². The van der Waals surface area contributed by atoms with Crippen molar-refractivity contribution in [1.82, 2.24) is 24.8 Å². The molecule has 0 bridgehead atoms. The number of hydrogen-bond donors (Lipinski definition) is 0. The number of hydrogen-bond acceptors (Lipinski definition) is 5. The van der Waals surface area contributed by atoms with Gasteiger partial charge in [0.2, 0.25) is 0 Å². The summed E-state index contributed by atoms with van der Waals surface area (Å²) in [5.41, 5.74) is 1.47. The molecule has 1 atom stereocenters. The maximum atomic E-state index is 13.0. The zero-order valence-electron chi connectivity index (χ0n) is 14.7. The van der Waals surface area contributed by atoms with Crippen LogP contribution < -0.4 is 0 Å². The molecular weight excluding hydrogens is 330 g/mol. The summed E-state index contributed by atoms with van der Waals surface area (Å²) in [6.07, 6.45) is 7.49. The van der Waals surface area contributed by atoms with Gasteiger partial charge in [-0.1, -0.05) is 36.2 Å². The monoisotopic (exact) mass is 351 g/mol. The Morgan fingerprint density at radius 1 is 1.19 bits per heavy atom. The SMILES string of the molecule is Cn1cc(-c2nc([C@H]3CCCCCN3C(=O)c3ccccc3)no2)cn1. The van der Waals surface area contributed by atoms with Gasteiger partial charge in [0, 0.05) is 25.4 Å². The van der Waals surface area contributed by atoms with Gasteiger partial charge in [0.15, 0.2) is 5.82 Å². The molecule has 1 saturated heterocycles. The first-order valence-corrected chi connectivity index (χ1v) is 8.91. The molecule has 7 heteroatoms. The lowest BCUT2D eigenvalue weighted by molar-refractivity contribution is 0.0670. The maximum absolute atomic E-state index is 13.0. The first-order chi connectivity index (χ1) is 12.7. The predicted molar refractivity (Wildman–Crippen MR) is 95.2 cm³/mol. The van der Waals surface area contributed by atoms with Crippen LogP contribution in [0, 0.1) is 0 Å². The topological polar surface area (TPSA) is 77.0 Å². The van der Waals surface area contributed by atoms with Crippen LogP contribution in [-0.2, 0) is 7.05 Å². The second-order valence-corrected chi connectivity index (χ2v) is 6.59. The third kappa shape index (κ3) is 3.24. The molecule has 0 unspecified atom stereocenters. The smallest absolute Gasteiger partial charge is 0.261 e. The zero-order valence-corrected chi connectivity index (χ0v) is 14.7. The van der Waals surface area contributed by atoms with E-state index < -0.39 is 0 Å². The van der Waals surface area contributed by atoms with Gasteiger partial charge in [-0.3, -0.25) is 9.48 Å². The summed E-state index contributed by atoms with van der Waals surface area (Å²) >= 11 is 0. The Bertz CT molecular complexity index is 886. The molecule has 3 aromatic rings. The normalized spacial score (nSPS) is 17.9. The highest BCUT2D eigenvalue weighted by molar-refractivity contribution is 5.94. The Labute approximate surface area is 151 Å². The molecule has 1 amide bonds. The zero-order chi connectivity index (χ0) is 17.9. The Kier molecular flexibility index (Phi) is 4.51. The minimum atomic E-state index is -0.167. The van der Waals surface area contributed by atoms with Gasteiger partial charge in [-0.25, -0.2) is 0 Å². The predicted octanol–water partition coefficient (Wildman–Crippen LogP) is 3.23. The summed E-state index contributed by atoms with van der Waals surface area (Å²) in [7, 11) is 1.84. The molecule has 0 spiro atoms. The van der Waals surface area contributed by atoms with Gasteiger partial charge in [0.1, 0.15) is 0 Å². The number of amides is 1. The average molecular weight is 351 g/mol. The molecule has 26 heavy (non-hydrogen) atoms. The van der Waals surface area contributed by atoms with E-state index in [4.69, 9.17) is 4.52 Å². The van der Waals surface area contributed by atoms with Crippen LogP contribution in [0.25, 0.3) is 11.5 Å². The van der Waals surface area contributed by atoms with Crippen molar-refractivity contribution in [1.29, 1.82) is 0 Å². The van der Waals surface area contributed by atoms with Crippen molar-refractivity contribution in [2.45, 2.75) is 31.7 Å². The number of carbonyl (C=O) groups is 1. The van der Waals surface area contributed by atoms with Gasteiger partial charge in [-0.2, -0.15) is 10.1 Å². The fourth-order valence-corrected chi connectivity index (χ4v) is 3.39. The standard InChI is InChI=1S/C19H21N5O2/c1-23-13-15(12-20-23)18-21-17(22-26-18)16-10-6-3-7-11-24(16)19(25)14-8-4-2-5-9-14/h2,4-5,8-9,12-13,16H,3,6-7,10-11H2,1H3/t16-/m1/s1. The van der Waals surface area contributed by atoms with Gasteiger partial charge in [0.05, 0.1) is 17.8 Å². The minimum absolute atomic E-state index is 0.0187. The van der Waals surface area contributed by atoms with Crippen molar-refractivity contribution >= 4 is 5.91 Å². The molecule has 1 aromatic carbocycles. The molecule has 7 nitrogen and oxygen atoms in total. The summed E-state index contributed by atoms with van der Waals surface area (Å²) in [6.45, 7) is 0.704. The van der Waals surface area contributed by atoms with E-state index in [0.717, 1.165) is 31.2 Å². The number of nitrogens with zero attached hydrogens (tertiary/aromatic N) is 5. The van der Waals surface area contributed by atoms with Crippen LogP contribution in [0.2, 0.25) is 0 Å². The van der Waals surface area contributed by atoms with Crippen molar-refractivity contribution in [2.24, 2.45) is 7.05 Å². The second-order valence-electron chi connectivity index (χ2n) is 6.59. The van der Waals surface area contributed by atoms with Crippen LogP contribution in [-0.4, -0.2) is 37.3 Å². The lowest BCUT2D eigenvalue weighted by Gasteiger charge is -2.27. The highest BCUT2D eigenvalue weighted by Gasteiger charge is 2.31. The van der Waals surface area contributed by atoms with E-state index in [-0.39, 0.29) is 11.9 Å². The fourth-order valence-electron chi connectivity index (χ4n) is 3.39. The number of carbonyl (C=O) groups excluding carboxylic acids is 1. The summed E-state index contributed by atoms with van der Waals surface area (Å²) in [5, 5.41) is 8.31. The maximum Gasteiger partial charge on any atom is 0.261 e. The highest BCUT2D eigenvalue weighted by atomic mass is 16.5. The molecule has 2 aromatic heterocycles. The van der Waals surface area contributed by atoms with Crippen LogP contribution in [0.4, 0.5) is 0 Å². The van der Waals surface area contributed by atoms with Gasteiger partial charge in [0.25, 0.3) is 11.8 Å². The molecule has 3 heterocycles. The molecule has 0 radical (unpaired) electrons. The quantitative estimate of drug-likeness (QED) is 0.724. The number of aryl methyl sites for hydroxylation is 1. The first kappa shape index (κ1) is 16.5. The lowest BCUT2D eigenvalue weighted by Crippen LogP contribution is -2.35. The van der Waals surface area contributed by atoms with E-state index in [0.29, 0.717) is 23.8 Å². The Balaban J connectivity index is 1.64. The summed E-state index contributed by atoms with van der Waals surface area (Å²) in [6, 6.07) is 9.21. The average Bonchev–Trinajstić information content (AvgIpc) is 3.25. The van der Waals surface area contributed by atoms with Crippen molar-refractivity contribution in [3.63, 3.8) is 0 Å².